The number of sulfonamides is 1. The summed E-state index contributed by atoms with van der Waals surface area (Å²) in [7, 11) is -2.48. The summed E-state index contributed by atoms with van der Waals surface area (Å²) >= 11 is 0. The minimum absolute atomic E-state index is 0.0595. The van der Waals surface area contributed by atoms with Crippen molar-refractivity contribution in [2.75, 3.05) is 16.7 Å². The fraction of sp³-hybridized carbons (Fsp3) is 0.136. The van der Waals surface area contributed by atoms with Crippen LogP contribution in [0.5, 0.6) is 0 Å². The highest BCUT2D eigenvalue weighted by atomic mass is 32.2. The number of rotatable bonds is 5. The van der Waals surface area contributed by atoms with Crippen LogP contribution in [0, 0.1) is 25.5 Å². The lowest BCUT2D eigenvalue weighted by molar-refractivity contribution is 0.102. The molecule has 0 heterocycles. The molecule has 1 N–H and O–H groups in total. The Balaban J connectivity index is 1.95. The van der Waals surface area contributed by atoms with E-state index in [0.717, 1.165) is 22.0 Å². The van der Waals surface area contributed by atoms with Crippen molar-refractivity contribution < 1.29 is 22.0 Å². The first-order valence-corrected chi connectivity index (χ1v) is 10.5. The SMILES string of the molecule is Cc1ccc(S(=O)(=O)N(C)c2cc(C(=O)Nc3c(F)cccc3F)ccc2C)cc1. The monoisotopic (exact) mass is 430 g/mol. The predicted octanol–water partition coefficient (Wildman–Crippen LogP) is 4.66. The summed E-state index contributed by atoms with van der Waals surface area (Å²) in [6.45, 7) is 3.56. The van der Waals surface area contributed by atoms with E-state index in [0.29, 0.717) is 5.56 Å². The molecule has 0 aliphatic carbocycles. The molecule has 3 rings (SSSR count). The number of carbonyl (C=O) groups is 1. The minimum Gasteiger partial charge on any atom is -0.317 e. The zero-order valence-electron chi connectivity index (χ0n) is 16.6. The Bertz CT molecular complexity index is 1190. The van der Waals surface area contributed by atoms with E-state index in [4.69, 9.17) is 0 Å². The third kappa shape index (κ3) is 4.18. The van der Waals surface area contributed by atoms with Crippen LogP contribution in [-0.4, -0.2) is 21.4 Å². The van der Waals surface area contributed by atoms with Gasteiger partial charge in [0, 0.05) is 12.6 Å². The second kappa shape index (κ2) is 8.23. The van der Waals surface area contributed by atoms with Crippen LogP contribution in [-0.2, 0) is 10.0 Å². The maximum Gasteiger partial charge on any atom is 0.264 e. The van der Waals surface area contributed by atoms with Gasteiger partial charge in [-0.25, -0.2) is 17.2 Å². The first kappa shape index (κ1) is 21.4. The third-order valence-corrected chi connectivity index (χ3v) is 6.48. The maximum atomic E-state index is 13.8. The molecular weight excluding hydrogens is 410 g/mol. The van der Waals surface area contributed by atoms with Gasteiger partial charge in [-0.1, -0.05) is 29.8 Å². The quantitative estimate of drug-likeness (QED) is 0.640. The van der Waals surface area contributed by atoms with Crippen molar-refractivity contribution in [3.63, 3.8) is 0 Å². The van der Waals surface area contributed by atoms with Crippen molar-refractivity contribution in [1.82, 2.24) is 0 Å². The zero-order valence-corrected chi connectivity index (χ0v) is 17.4. The standard InChI is InChI=1S/C22H20F2N2O3S/c1-14-7-11-17(12-8-14)30(28,29)26(3)20-13-16(10-9-15(20)2)22(27)25-21-18(23)5-4-6-19(21)24/h4-13H,1-3H3,(H,25,27). The number of carbonyl (C=O) groups excluding carboxylic acids is 1. The maximum absolute atomic E-state index is 13.8. The molecule has 0 saturated carbocycles. The zero-order chi connectivity index (χ0) is 22.1. The van der Waals surface area contributed by atoms with Gasteiger partial charge in [0.2, 0.25) is 0 Å². The fourth-order valence-electron chi connectivity index (χ4n) is 2.89. The number of hydrogen-bond acceptors (Lipinski definition) is 3. The van der Waals surface area contributed by atoms with Crippen molar-refractivity contribution in [1.29, 1.82) is 0 Å². The first-order valence-electron chi connectivity index (χ1n) is 9.03. The second-order valence-corrected chi connectivity index (χ2v) is 8.81. The third-order valence-electron chi connectivity index (χ3n) is 4.69. The Morgan fingerprint density at radius 3 is 2.13 bits per heavy atom. The summed E-state index contributed by atoms with van der Waals surface area (Å²) in [5.74, 6) is -2.58. The number of amides is 1. The van der Waals surface area contributed by atoms with Crippen LogP contribution in [0.3, 0.4) is 0 Å². The van der Waals surface area contributed by atoms with Gasteiger partial charge in [0.25, 0.3) is 15.9 Å². The van der Waals surface area contributed by atoms with Gasteiger partial charge >= 0.3 is 0 Å². The predicted molar refractivity (Wildman–Crippen MR) is 112 cm³/mol. The number of nitrogens with one attached hydrogen (secondary N) is 1. The van der Waals surface area contributed by atoms with E-state index >= 15 is 0 Å². The minimum atomic E-state index is -3.86. The molecule has 1 amide bonds. The van der Waals surface area contributed by atoms with Crippen molar-refractivity contribution >= 4 is 27.3 Å². The summed E-state index contributed by atoms with van der Waals surface area (Å²) in [6, 6.07) is 14.1. The van der Waals surface area contributed by atoms with Crippen molar-refractivity contribution in [3.8, 4) is 0 Å². The van der Waals surface area contributed by atoms with Crippen LogP contribution in [0.15, 0.2) is 65.6 Å². The Morgan fingerprint density at radius 1 is 0.933 bits per heavy atom. The van der Waals surface area contributed by atoms with Crippen molar-refractivity contribution in [2.24, 2.45) is 0 Å². The molecule has 0 bridgehead atoms. The molecule has 0 aromatic heterocycles. The summed E-state index contributed by atoms with van der Waals surface area (Å²) in [4.78, 5) is 12.7. The topological polar surface area (TPSA) is 66.5 Å². The summed E-state index contributed by atoms with van der Waals surface area (Å²) in [5, 5.41) is 2.20. The lowest BCUT2D eigenvalue weighted by Crippen LogP contribution is -2.27. The summed E-state index contributed by atoms with van der Waals surface area (Å²) in [6.07, 6.45) is 0. The van der Waals surface area contributed by atoms with Crippen LogP contribution in [0.4, 0.5) is 20.2 Å². The molecule has 8 heteroatoms. The highest BCUT2D eigenvalue weighted by Crippen LogP contribution is 2.27. The molecule has 3 aromatic carbocycles. The van der Waals surface area contributed by atoms with Gasteiger partial charge in [-0.3, -0.25) is 9.10 Å². The molecule has 156 valence electrons. The molecule has 5 nitrogen and oxygen atoms in total. The number of aryl methyl sites for hydroxylation is 2. The lowest BCUT2D eigenvalue weighted by Gasteiger charge is -2.22. The number of hydrogen-bond donors (Lipinski definition) is 1. The van der Waals surface area contributed by atoms with E-state index in [-0.39, 0.29) is 16.1 Å². The van der Waals surface area contributed by atoms with Gasteiger partial charge in [-0.2, -0.15) is 0 Å². The highest BCUT2D eigenvalue weighted by molar-refractivity contribution is 7.92. The largest absolute Gasteiger partial charge is 0.317 e. The van der Waals surface area contributed by atoms with Gasteiger partial charge < -0.3 is 5.32 Å². The Kier molecular flexibility index (Phi) is 5.89. The van der Waals surface area contributed by atoms with Crippen LogP contribution in [0.1, 0.15) is 21.5 Å². The van der Waals surface area contributed by atoms with Crippen LogP contribution >= 0.6 is 0 Å². The molecule has 0 fully saturated rings. The molecule has 0 radical (unpaired) electrons. The molecule has 0 unspecified atom stereocenters. The van der Waals surface area contributed by atoms with Crippen molar-refractivity contribution in [3.05, 3.63) is 89.0 Å². The fourth-order valence-corrected chi connectivity index (χ4v) is 4.14. The molecular formula is C22H20F2N2O3S. The van der Waals surface area contributed by atoms with Gasteiger partial charge in [-0.05, 0) is 55.8 Å². The van der Waals surface area contributed by atoms with E-state index < -0.39 is 33.3 Å². The first-order chi connectivity index (χ1) is 14.1. The van der Waals surface area contributed by atoms with E-state index in [1.54, 1.807) is 25.1 Å². The average molecular weight is 430 g/mol. The van der Waals surface area contributed by atoms with Gasteiger partial charge in [0.1, 0.15) is 17.3 Å². The number of halogens is 2. The number of nitrogens with zero attached hydrogens (tertiary/aromatic N) is 1. The van der Waals surface area contributed by atoms with Gasteiger partial charge in [0.05, 0.1) is 10.6 Å². The summed E-state index contributed by atoms with van der Waals surface area (Å²) in [5.41, 5.74) is 1.31. The van der Waals surface area contributed by atoms with Crippen LogP contribution in [0.25, 0.3) is 0 Å². The summed E-state index contributed by atoms with van der Waals surface area (Å²) < 4.78 is 54.7. The lowest BCUT2D eigenvalue weighted by atomic mass is 10.1. The Labute approximate surface area is 174 Å². The molecule has 30 heavy (non-hydrogen) atoms. The smallest absolute Gasteiger partial charge is 0.264 e. The molecule has 0 saturated heterocycles. The van der Waals surface area contributed by atoms with E-state index in [1.807, 2.05) is 6.92 Å². The molecule has 0 spiro atoms. The second-order valence-electron chi connectivity index (χ2n) is 6.84. The van der Waals surface area contributed by atoms with E-state index in [1.165, 1.54) is 37.4 Å². The molecule has 3 aromatic rings. The Hall–Kier alpha value is -3.26. The average Bonchev–Trinajstić information content (AvgIpc) is 2.71. The number of para-hydroxylation sites is 1. The van der Waals surface area contributed by atoms with Crippen molar-refractivity contribution in [2.45, 2.75) is 18.7 Å². The van der Waals surface area contributed by atoms with E-state index in [9.17, 15) is 22.0 Å². The Morgan fingerprint density at radius 2 is 1.53 bits per heavy atom. The normalized spacial score (nSPS) is 11.2. The van der Waals surface area contributed by atoms with E-state index in [2.05, 4.69) is 5.32 Å². The molecule has 0 aliphatic rings. The molecule has 0 atom stereocenters. The van der Waals surface area contributed by atoms with Crippen LogP contribution in [0.2, 0.25) is 0 Å². The van der Waals surface area contributed by atoms with Gasteiger partial charge in [-0.15, -0.1) is 0 Å². The van der Waals surface area contributed by atoms with Crippen LogP contribution < -0.4 is 9.62 Å². The highest BCUT2D eigenvalue weighted by Gasteiger charge is 2.23. The molecule has 0 aliphatic heterocycles. The number of anilines is 2. The number of benzene rings is 3. The van der Waals surface area contributed by atoms with Gasteiger partial charge in [0.15, 0.2) is 0 Å².